The lowest BCUT2D eigenvalue weighted by Gasteiger charge is -2.34. The molecule has 1 atom stereocenters. The zero-order valence-corrected chi connectivity index (χ0v) is 11.7. The first kappa shape index (κ1) is 13.7. The van der Waals surface area contributed by atoms with Crippen LogP contribution in [0.1, 0.15) is 31.9 Å². The quantitative estimate of drug-likeness (QED) is 0.888. The predicted molar refractivity (Wildman–Crippen MR) is 73.6 cm³/mol. The zero-order chi connectivity index (χ0) is 12.8. The van der Waals surface area contributed by atoms with Crippen molar-refractivity contribution >= 4 is 11.6 Å². The Morgan fingerprint density at radius 1 is 1.44 bits per heavy atom. The summed E-state index contributed by atoms with van der Waals surface area (Å²) in [6, 6.07) is 0.621. The maximum Gasteiger partial charge on any atom is 0.147 e. The van der Waals surface area contributed by atoms with Crippen molar-refractivity contribution in [2.75, 3.05) is 19.6 Å². The van der Waals surface area contributed by atoms with E-state index in [4.69, 9.17) is 11.6 Å². The summed E-state index contributed by atoms with van der Waals surface area (Å²) in [6.07, 6.45) is 7.10. The molecule has 1 aliphatic rings. The Hall–Kier alpha value is -0.710. The highest BCUT2D eigenvalue weighted by Gasteiger charge is 2.20. The van der Waals surface area contributed by atoms with Crippen LogP contribution in [-0.2, 0) is 6.54 Å². The van der Waals surface area contributed by atoms with Gasteiger partial charge in [0.1, 0.15) is 5.15 Å². The molecule has 2 heterocycles. The van der Waals surface area contributed by atoms with Gasteiger partial charge in [0, 0.05) is 19.1 Å². The predicted octanol–water partition coefficient (Wildman–Crippen LogP) is 2.09. The van der Waals surface area contributed by atoms with Crippen LogP contribution >= 0.6 is 11.6 Å². The van der Waals surface area contributed by atoms with E-state index in [1.807, 2.05) is 0 Å². The van der Waals surface area contributed by atoms with Crippen LogP contribution in [0.2, 0.25) is 5.15 Å². The van der Waals surface area contributed by atoms with Gasteiger partial charge >= 0.3 is 0 Å². The normalized spacial score (nSPS) is 20.3. The Bertz CT molecular complexity index is 349. The fourth-order valence-electron chi connectivity index (χ4n) is 2.45. The van der Waals surface area contributed by atoms with Crippen molar-refractivity contribution in [1.82, 2.24) is 20.2 Å². The molecule has 1 fully saturated rings. The fourth-order valence-corrected chi connectivity index (χ4v) is 2.55. The van der Waals surface area contributed by atoms with E-state index < -0.39 is 0 Å². The summed E-state index contributed by atoms with van der Waals surface area (Å²) in [5.41, 5.74) is 0.999. The van der Waals surface area contributed by atoms with Crippen LogP contribution in [0.4, 0.5) is 0 Å². The first-order valence-corrected chi connectivity index (χ1v) is 7.08. The largest absolute Gasteiger partial charge is 0.315 e. The van der Waals surface area contributed by atoms with Crippen molar-refractivity contribution in [3.63, 3.8) is 0 Å². The summed E-state index contributed by atoms with van der Waals surface area (Å²) >= 11 is 5.76. The molecule has 1 N–H and O–H groups in total. The average Bonchev–Trinajstić information content (AvgIpc) is 2.42. The minimum Gasteiger partial charge on any atom is -0.315 e. The molecule has 5 heteroatoms. The highest BCUT2D eigenvalue weighted by Crippen LogP contribution is 2.14. The van der Waals surface area contributed by atoms with Crippen LogP contribution in [0, 0.1) is 0 Å². The van der Waals surface area contributed by atoms with Gasteiger partial charge in [-0.1, -0.05) is 18.5 Å². The third-order valence-corrected chi connectivity index (χ3v) is 3.53. The van der Waals surface area contributed by atoms with Gasteiger partial charge in [-0.15, -0.1) is 0 Å². The number of aromatic nitrogens is 2. The number of hydrogen-bond acceptors (Lipinski definition) is 4. The SMILES string of the molecule is CCCN(Cc1cnc(Cl)cn1)C1CCCNC1. The fraction of sp³-hybridized carbons (Fsp3) is 0.692. The van der Waals surface area contributed by atoms with Gasteiger partial charge in [0.25, 0.3) is 0 Å². The zero-order valence-electron chi connectivity index (χ0n) is 10.9. The Kier molecular flexibility index (Phi) is 5.35. The molecule has 100 valence electrons. The third-order valence-electron chi connectivity index (χ3n) is 3.34. The van der Waals surface area contributed by atoms with Gasteiger partial charge in [-0.3, -0.25) is 9.88 Å². The monoisotopic (exact) mass is 268 g/mol. The molecule has 1 unspecified atom stereocenters. The third kappa shape index (κ3) is 3.90. The second kappa shape index (κ2) is 7.02. The molecule has 0 aliphatic carbocycles. The molecule has 0 aromatic carbocycles. The van der Waals surface area contributed by atoms with Crippen molar-refractivity contribution in [1.29, 1.82) is 0 Å². The number of hydrogen-bond donors (Lipinski definition) is 1. The minimum atomic E-state index is 0.458. The number of nitrogens with one attached hydrogen (secondary N) is 1. The van der Waals surface area contributed by atoms with E-state index in [0.717, 1.165) is 38.3 Å². The molecule has 0 amide bonds. The second-order valence-corrected chi connectivity index (χ2v) is 5.19. The molecule has 1 aromatic rings. The van der Waals surface area contributed by atoms with Crippen LogP contribution in [0.3, 0.4) is 0 Å². The summed E-state index contributed by atoms with van der Waals surface area (Å²) in [4.78, 5) is 10.9. The Balaban J connectivity index is 1.98. The van der Waals surface area contributed by atoms with Crippen LogP contribution < -0.4 is 5.32 Å². The summed E-state index contributed by atoms with van der Waals surface area (Å²) in [5.74, 6) is 0. The number of halogens is 1. The number of piperidine rings is 1. The van der Waals surface area contributed by atoms with E-state index >= 15 is 0 Å². The maximum absolute atomic E-state index is 5.76. The molecular weight excluding hydrogens is 248 g/mol. The molecular formula is C13H21ClN4. The first-order valence-electron chi connectivity index (χ1n) is 6.70. The standard InChI is InChI=1S/C13H21ClN4/c1-2-6-18(12-4-3-5-15-8-12)10-11-7-17-13(14)9-16-11/h7,9,12,15H,2-6,8,10H2,1H3. The summed E-state index contributed by atoms with van der Waals surface area (Å²) < 4.78 is 0. The van der Waals surface area contributed by atoms with Crippen molar-refractivity contribution in [3.05, 3.63) is 23.2 Å². The summed E-state index contributed by atoms with van der Waals surface area (Å²) in [6.45, 7) is 6.43. The smallest absolute Gasteiger partial charge is 0.147 e. The van der Waals surface area contributed by atoms with E-state index in [1.54, 1.807) is 12.4 Å². The second-order valence-electron chi connectivity index (χ2n) is 4.80. The van der Waals surface area contributed by atoms with Gasteiger partial charge in [-0.2, -0.15) is 0 Å². The van der Waals surface area contributed by atoms with E-state index in [9.17, 15) is 0 Å². The maximum atomic E-state index is 5.76. The topological polar surface area (TPSA) is 41.1 Å². The molecule has 2 rings (SSSR count). The van der Waals surface area contributed by atoms with Crippen LogP contribution in [0.15, 0.2) is 12.4 Å². The van der Waals surface area contributed by atoms with Gasteiger partial charge in [0.2, 0.25) is 0 Å². The van der Waals surface area contributed by atoms with Crippen molar-refractivity contribution < 1.29 is 0 Å². The van der Waals surface area contributed by atoms with E-state index in [-0.39, 0.29) is 0 Å². The first-order chi connectivity index (χ1) is 8.79. The summed E-state index contributed by atoms with van der Waals surface area (Å²) in [5, 5.41) is 3.93. The highest BCUT2D eigenvalue weighted by molar-refractivity contribution is 6.29. The molecule has 18 heavy (non-hydrogen) atoms. The molecule has 0 bridgehead atoms. The Labute approximate surface area is 114 Å². The Morgan fingerprint density at radius 2 is 2.33 bits per heavy atom. The molecule has 0 radical (unpaired) electrons. The molecule has 0 saturated carbocycles. The molecule has 4 nitrogen and oxygen atoms in total. The lowest BCUT2D eigenvalue weighted by molar-refractivity contribution is 0.156. The van der Waals surface area contributed by atoms with E-state index in [0.29, 0.717) is 11.2 Å². The average molecular weight is 269 g/mol. The van der Waals surface area contributed by atoms with Crippen LogP contribution in [0.25, 0.3) is 0 Å². The molecule has 1 aliphatic heterocycles. The molecule has 1 aromatic heterocycles. The molecule has 0 spiro atoms. The van der Waals surface area contributed by atoms with Gasteiger partial charge in [-0.25, -0.2) is 4.98 Å². The minimum absolute atomic E-state index is 0.458. The van der Waals surface area contributed by atoms with Crippen LogP contribution in [0.5, 0.6) is 0 Å². The van der Waals surface area contributed by atoms with Gasteiger partial charge in [0.05, 0.1) is 18.1 Å². The number of rotatable bonds is 5. The van der Waals surface area contributed by atoms with Gasteiger partial charge in [-0.05, 0) is 32.4 Å². The lowest BCUT2D eigenvalue weighted by atomic mass is 10.1. The van der Waals surface area contributed by atoms with E-state index in [1.165, 1.54) is 12.8 Å². The summed E-state index contributed by atoms with van der Waals surface area (Å²) in [7, 11) is 0. The Morgan fingerprint density at radius 3 is 2.94 bits per heavy atom. The van der Waals surface area contributed by atoms with Crippen molar-refractivity contribution in [2.24, 2.45) is 0 Å². The van der Waals surface area contributed by atoms with E-state index in [2.05, 4.69) is 27.1 Å². The number of nitrogens with zero attached hydrogens (tertiary/aromatic N) is 3. The highest BCUT2D eigenvalue weighted by atomic mass is 35.5. The molecule has 1 saturated heterocycles. The van der Waals surface area contributed by atoms with Crippen molar-refractivity contribution in [3.8, 4) is 0 Å². The lowest BCUT2D eigenvalue weighted by Crippen LogP contribution is -2.46. The van der Waals surface area contributed by atoms with Crippen LogP contribution in [-0.4, -0.2) is 40.5 Å². The van der Waals surface area contributed by atoms with Crippen molar-refractivity contribution in [2.45, 2.75) is 38.8 Å². The van der Waals surface area contributed by atoms with Gasteiger partial charge in [0.15, 0.2) is 0 Å². The van der Waals surface area contributed by atoms with Gasteiger partial charge < -0.3 is 5.32 Å².